The van der Waals surface area contributed by atoms with E-state index in [1.54, 1.807) is 11.8 Å². The maximum Gasteiger partial charge on any atom is 0.254 e. The van der Waals surface area contributed by atoms with Gasteiger partial charge in [0.2, 0.25) is 0 Å². The van der Waals surface area contributed by atoms with Crippen LogP contribution >= 0.6 is 0 Å². The molecule has 3 fully saturated rings. The fourth-order valence-electron chi connectivity index (χ4n) is 4.09. The lowest BCUT2D eigenvalue weighted by Crippen LogP contribution is -2.66. The van der Waals surface area contributed by atoms with Crippen molar-refractivity contribution in [2.45, 2.75) is 38.2 Å². The Hall–Kier alpha value is -1.53. The molecule has 6 heteroatoms. The van der Waals surface area contributed by atoms with Crippen molar-refractivity contribution in [1.82, 2.24) is 4.90 Å². The summed E-state index contributed by atoms with van der Waals surface area (Å²) in [5, 5.41) is 0. The summed E-state index contributed by atoms with van der Waals surface area (Å²) in [5.74, 6) is -1.02. The highest BCUT2D eigenvalue weighted by atomic mass is 19.2. The van der Waals surface area contributed by atoms with E-state index in [1.807, 2.05) is 0 Å². The van der Waals surface area contributed by atoms with E-state index in [4.69, 9.17) is 9.47 Å². The average Bonchev–Trinajstić information content (AvgIpc) is 3.30. The van der Waals surface area contributed by atoms with Crippen molar-refractivity contribution in [2.75, 3.05) is 32.9 Å². The summed E-state index contributed by atoms with van der Waals surface area (Å²) in [6, 6.07) is 2.07. The summed E-state index contributed by atoms with van der Waals surface area (Å²) in [7, 11) is 0. The van der Waals surface area contributed by atoms with Crippen LogP contribution in [0.4, 0.5) is 8.78 Å². The summed E-state index contributed by atoms with van der Waals surface area (Å²) in [5.41, 5.74) is 0.388. The van der Waals surface area contributed by atoms with Crippen LogP contribution in [0, 0.1) is 30.4 Å². The van der Waals surface area contributed by atoms with Gasteiger partial charge in [-0.15, -0.1) is 0 Å². The van der Waals surface area contributed by atoms with Crippen LogP contribution in [0.5, 0.6) is 0 Å². The summed E-state index contributed by atoms with van der Waals surface area (Å²) >= 11 is 0. The van der Waals surface area contributed by atoms with Crippen molar-refractivity contribution >= 4 is 5.91 Å². The molecule has 26 heavy (non-hydrogen) atoms. The number of rotatable bonds is 6. The van der Waals surface area contributed by atoms with E-state index in [1.165, 1.54) is 12.8 Å². The number of nitrogens with zero attached hydrogens (tertiary/aromatic N) is 1. The van der Waals surface area contributed by atoms with Crippen LogP contribution in [0.2, 0.25) is 0 Å². The monoisotopic (exact) mass is 365 g/mol. The molecule has 1 aromatic carbocycles. The van der Waals surface area contributed by atoms with Gasteiger partial charge in [0.15, 0.2) is 11.6 Å². The molecule has 2 saturated heterocycles. The molecule has 142 valence electrons. The Labute approximate surface area is 152 Å². The second-order valence-electron chi connectivity index (χ2n) is 7.95. The minimum atomic E-state index is -0.989. The third-order valence-corrected chi connectivity index (χ3v) is 5.96. The van der Waals surface area contributed by atoms with E-state index in [0.29, 0.717) is 31.2 Å². The third-order valence-electron chi connectivity index (χ3n) is 5.96. The Kier molecular flexibility index (Phi) is 4.73. The first kappa shape index (κ1) is 17.9. The van der Waals surface area contributed by atoms with E-state index in [9.17, 15) is 13.6 Å². The molecule has 4 nitrogen and oxygen atoms in total. The first-order chi connectivity index (χ1) is 12.5. The van der Waals surface area contributed by atoms with Gasteiger partial charge < -0.3 is 14.4 Å². The molecule has 0 unspecified atom stereocenters. The van der Waals surface area contributed by atoms with Crippen molar-refractivity contribution in [2.24, 2.45) is 11.8 Å². The number of hydrogen-bond acceptors (Lipinski definition) is 3. The van der Waals surface area contributed by atoms with Gasteiger partial charge >= 0.3 is 0 Å². The van der Waals surface area contributed by atoms with Crippen LogP contribution in [0.25, 0.3) is 0 Å². The lowest BCUT2D eigenvalue weighted by molar-refractivity contribution is -0.120. The van der Waals surface area contributed by atoms with E-state index < -0.39 is 11.6 Å². The molecule has 1 amide bonds. The SMILES string of the molecule is Cc1cc(F)c(F)cc1C(=O)N1CC2(C1)OCC[C@@H]2CCOCC1CC1. The molecule has 1 spiro atoms. The highest BCUT2D eigenvalue weighted by Crippen LogP contribution is 2.42. The number of aryl methyl sites for hydroxylation is 1. The molecule has 0 aromatic heterocycles. The number of ether oxygens (including phenoxy) is 2. The normalized spacial score (nSPS) is 24.1. The zero-order valence-corrected chi connectivity index (χ0v) is 15.1. The highest BCUT2D eigenvalue weighted by molar-refractivity contribution is 5.96. The first-order valence-corrected chi connectivity index (χ1v) is 9.45. The third kappa shape index (κ3) is 3.37. The molecular weight excluding hydrogens is 340 g/mol. The summed E-state index contributed by atoms with van der Waals surface area (Å²) in [4.78, 5) is 14.3. The van der Waals surface area contributed by atoms with Crippen LogP contribution in [0.3, 0.4) is 0 Å². The number of amides is 1. The molecule has 0 bridgehead atoms. The maximum absolute atomic E-state index is 13.5. The van der Waals surface area contributed by atoms with Gasteiger partial charge in [0.1, 0.15) is 5.60 Å². The molecule has 4 rings (SSSR count). The standard InChI is InChI=1S/C20H25F2NO3/c1-13-8-17(21)18(22)9-16(13)19(24)23-11-20(12-23)15(5-7-26-20)4-6-25-10-14-2-3-14/h8-9,14-15H,2-7,10-12H2,1H3/t15-/m0/s1. The minimum Gasteiger partial charge on any atom is -0.381 e. The largest absolute Gasteiger partial charge is 0.381 e. The van der Waals surface area contributed by atoms with Crippen LogP contribution in [-0.2, 0) is 9.47 Å². The quantitative estimate of drug-likeness (QED) is 0.726. The van der Waals surface area contributed by atoms with Crippen molar-refractivity contribution in [3.63, 3.8) is 0 Å². The smallest absolute Gasteiger partial charge is 0.254 e. The van der Waals surface area contributed by atoms with Gasteiger partial charge in [-0.1, -0.05) is 0 Å². The molecule has 2 heterocycles. The molecule has 3 aliphatic rings. The molecule has 1 atom stereocenters. The molecular formula is C20H25F2NO3. The van der Waals surface area contributed by atoms with E-state index in [-0.39, 0.29) is 17.1 Å². The predicted octanol–water partition coefficient (Wildman–Crippen LogP) is 3.32. The number of carbonyl (C=O) groups is 1. The number of benzene rings is 1. The van der Waals surface area contributed by atoms with Crippen molar-refractivity contribution in [1.29, 1.82) is 0 Å². The topological polar surface area (TPSA) is 38.8 Å². The molecule has 1 aromatic rings. The fourth-order valence-corrected chi connectivity index (χ4v) is 4.09. The van der Waals surface area contributed by atoms with Gasteiger partial charge in [0.25, 0.3) is 5.91 Å². The molecule has 0 N–H and O–H groups in total. The summed E-state index contributed by atoms with van der Waals surface area (Å²) < 4.78 is 38.5. The number of halogens is 2. The zero-order valence-electron chi connectivity index (χ0n) is 15.1. The Bertz CT molecular complexity index is 699. The van der Waals surface area contributed by atoms with Crippen LogP contribution in [0.1, 0.15) is 41.6 Å². The van der Waals surface area contributed by atoms with Crippen molar-refractivity contribution < 1.29 is 23.0 Å². The fraction of sp³-hybridized carbons (Fsp3) is 0.650. The summed E-state index contributed by atoms with van der Waals surface area (Å²) in [6.45, 7) is 4.95. The Balaban J connectivity index is 1.34. The Morgan fingerprint density at radius 2 is 2.00 bits per heavy atom. The maximum atomic E-state index is 13.5. The second kappa shape index (κ2) is 6.89. The molecule has 0 radical (unpaired) electrons. The molecule has 2 aliphatic heterocycles. The molecule has 1 aliphatic carbocycles. The number of carbonyl (C=O) groups excluding carboxylic acids is 1. The van der Waals surface area contributed by atoms with Gasteiger partial charge in [-0.2, -0.15) is 0 Å². The van der Waals surface area contributed by atoms with Gasteiger partial charge in [0, 0.05) is 25.4 Å². The Morgan fingerprint density at radius 3 is 2.73 bits per heavy atom. The average molecular weight is 365 g/mol. The van der Waals surface area contributed by atoms with Crippen LogP contribution in [0.15, 0.2) is 12.1 Å². The second-order valence-corrected chi connectivity index (χ2v) is 7.95. The van der Waals surface area contributed by atoms with Crippen molar-refractivity contribution in [3.8, 4) is 0 Å². The van der Waals surface area contributed by atoms with E-state index in [0.717, 1.165) is 44.1 Å². The van der Waals surface area contributed by atoms with Gasteiger partial charge in [-0.25, -0.2) is 8.78 Å². The van der Waals surface area contributed by atoms with E-state index in [2.05, 4.69) is 0 Å². The minimum absolute atomic E-state index is 0.223. The summed E-state index contributed by atoms with van der Waals surface area (Å²) in [6.07, 6.45) is 4.51. The van der Waals surface area contributed by atoms with Gasteiger partial charge in [-0.3, -0.25) is 4.79 Å². The van der Waals surface area contributed by atoms with Gasteiger partial charge in [-0.05, 0) is 62.1 Å². The first-order valence-electron chi connectivity index (χ1n) is 9.45. The zero-order chi connectivity index (χ0) is 18.3. The number of hydrogen-bond donors (Lipinski definition) is 0. The number of likely N-dealkylation sites (tertiary alicyclic amines) is 1. The molecule has 1 saturated carbocycles. The van der Waals surface area contributed by atoms with Crippen LogP contribution < -0.4 is 0 Å². The van der Waals surface area contributed by atoms with Crippen molar-refractivity contribution in [3.05, 3.63) is 34.9 Å². The Morgan fingerprint density at radius 1 is 1.27 bits per heavy atom. The van der Waals surface area contributed by atoms with Gasteiger partial charge in [0.05, 0.1) is 13.1 Å². The highest BCUT2D eigenvalue weighted by Gasteiger charge is 2.54. The van der Waals surface area contributed by atoms with E-state index >= 15 is 0 Å². The predicted molar refractivity (Wildman–Crippen MR) is 91.9 cm³/mol. The van der Waals surface area contributed by atoms with Crippen LogP contribution in [-0.4, -0.2) is 49.3 Å². The lowest BCUT2D eigenvalue weighted by atomic mass is 9.78. The lowest BCUT2D eigenvalue weighted by Gasteiger charge is -2.50.